The van der Waals surface area contributed by atoms with Gasteiger partial charge in [-0.05, 0) is 49.6 Å². The van der Waals surface area contributed by atoms with Crippen molar-refractivity contribution in [2.45, 2.75) is 37.1 Å². The maximum Gasteiger partial charge on any atom is 0.240 e. The highest BCUT2D eigenvalue weighted by Crippen LogP contribution is 2.17. The van der Waals surface area contributed by atoms with Crippen molar-refractivity contribution in [2.24, 2.45) is 0 Å². The molecule has 5 nitrogen and oxygen atoms in total. The van der Waals surface area contributed by atoms with Crippen LogP contribution in [-0.4, -0.2) is 38.4 Å². The number of rotatable bonds is 5. The summed E-state index contributed by atoms with van der Waals surface area (Å²) >= 11 is 0. The van der Waals surface area contributed by atoms with Crippen molar-refractivity contribution in [3.63, 3.8) is 0 Å². The number of hydrogen-bond acceptors (Lipinski definition) is 3. The predicted molar refractivity (Wildman–Crippen MR) is 101 cm³/mol. The summed E-state index contributed by atoms with van der Waals surface area (Å²) in [5, 5.41) is 0. The van der Waals surface area contributed by atoms with Crippen molar-refractivity contribution in [1.29, 1.82) is 0 Å². The van der Waals surface area contributed by atoms with E-state index >= 15 is 0 Å². The summed E-state index contributed by atoms with van der Waals surface area (Å²) in [5.41, 5.74) is 1.77. The minimum atomic E-state index is -3.56. The molecule has 0 unspecified atom stereocenters. The van der Waals surface area contributed by atoms with Gasteiger partial charge >= 0.3 is 0 Å². The first-order chi connectivity index (χ1) is 12.8. The third kappa shape index (κ3) is 5.14. The lowest BCUT2D eigenvalue weighted by molar-refractivity contribution is -0.131. The zero-order valence-electron chi connectivity index (χ0n) is 15.2. The lowest BCUT2D eigenvalue weighted by Gasteiger charge is -2.32. The summed E-state index contributed by atoms with van der Waals surface area (Å²) < 4.78 is 40.6. The molecule has 1 aliphatic heterocycles. The minimum Gasteiger partial charge on any atom is -0.342 e. The molecule has 27 heavy (non-hydrogen) atoms. The topological polar surface area (TPSA) is 66.5 Å². The van der Waals surface area contributed by atoms with E-state index < -0.39 is 10.0 Å². The van der Waals surface area contributed by atoms with Gasteiger partial charge in [-0.15, -0.1) is 0 Å². The Morgan fingerprint density at radius 1 is 1.07 bits per heavy atom. The Balaban J connectivity index is 1.53. The molecule has 7 heteroatoms. The van der Waals surface area contributed by atoms with Crippen molar-refractivity contribution in [3.8, 4) is 0 Å². The number of sulfonamides is 1. The van der Waals surface area contributed by atoms with Crippen molar-refractivity contribution >= 4 is 15.9 Å². The molecule has 2 aromatic rings. The van der Waals surface area contributed by atoms with Crippen molar-refractivity contribution in [2.75, 3.05) is 13.1 Å². The summed E-state index contributed by atoms with van der Waals surface area (Å²) in [6.45, 7) is 2.91. The van der Waals surface area contributed by atoms with Crippen LogP contribution in [-0.2, 0) is 21.2 Å². The number of piperidine rings is 1. The zero-order chi connectivity index (χ0) is 19.4. The molecule has 0 aromatic heterocycles. The van der Waals surface area contributed by atoms with Crippen LogP contribution in [0.3, 0.4) is 0 Å². The average Bonchev–Trinajstić information content (AvgIpc) is 2.64. The number of carbonyl (C=O) groups excluding carboxylic acids is 1. The van der Waals surface area contributed by atoms with Crippen LogP contribution < -0.4 is 4.72 Å². The van der Waals surface area contributed by atoms with Crippen molar-refractivity contribution in [1.82, 2.24) is 9.62 Å². The van der Waals surface area contributed by atoms with Crippen LogP contribution >= 0.6 is 0 Å². The molecule has 1 aliphatic rings. The SMILES string of the molecule is Cc1ccc(S(=O)(=O)NC2CCN(C(=O)Cc3ccc(F)cc3)CC2)cc1. The molecule has 0 spiro atoms. The molecular weight excluding hydrogens is 367 g/mol. The molecule has 1 amide bonds. The molecular formula is C20H23FN2O3S. The lowest BCUT2D eigenvalue weighted by atomic mass is 10.0. The maximum absolute atomic E-state index is 12.9. The van der Waals surface area contributed by atoms with E-state index in [1.807, 2.05) is 6.92 Å². The van der Waals surface area contributed by atoms with Crippen LogP contribution in [0.1, 0.15) is 24.0 Å². The number of hydrogen-bond donors (Lipinski definition) is 1. The smallest absolute Gasteiger partial charge is 0.240 e. The first-order valence-electron chi connectivity index (χ1n) is 8.95. The highest BCUT2D eigenvalue weighted by atomic mass is 32.2. The van der Waals surface area contributed by atoms with Gasteiger partial charge in [-0.1, -0.05) is 29.8 Å². The Morgan fingerprint density at radius 2 is 1.67 bits per heavy atom. The predicted octanol–water partition coefficient (Wildman–Crippen LogP) is 2.65. The molecule has 1 N–H and O–H groups in total. The van der Waals surface area contributed by atoms with E-state index in [1.54, 1.807) is 41.3 Å². The van der Waals surface area contributed by atoms with Gasteiger partial charge in [-0.3, -0.25) is 4.79 Å². The van der Waals surface area contributed by atoms with Gasteiger partial charge in [0.1, 0.15) is 5.82 Å². The van der Waals surface area contributed by atoms with Crippen LogP contribution in [0.5, 0.6) is 0 Å². The second kappa shape index (κ2) is 8.19. The van der Waals surface area contributed by atoms with Crippen LogP contribution in [0.2, 0.25) is 0 Å². The number of likely N-dealkylation sites (tertiary alicyclic amines) is 1. The largest absolute Gasteiger partial charge is 0.342 e. The van der Waals surface area contributed by atoms with Gasteiger partial charge in [0.15, 0.2) is 0 Å². The van der Waals surface area contributed by atoms with Crippen LogP contribution in [0.15, 0.2) is 53.4 Å². The number of benzene rings is 2. The fourth-order valence-electron chi connectivity index (χ4n) is 3.14. The second-order valence-corrected chi connectivity index (χ2v) is 8.61. The molecule has 0 aliphatic carbocycles. The molecule has 0 saturated carbocycles. The summed E-state index contributed by atoms with van der Waals surface area (Å²) in [4.78, 5) is 14.4. The Labute approximate surface area is 159 Å². The fourth-order valence-corrected chi connectivity index (χ4v) is 4.45. The Kier molecular flexibility index (Phi) is 5.92. The molecule has 3 rings (SSSR count). The van der Waals surface area contributed by atoms with Gasteiger partial charge in [-0.25, -0.2) is 17.5 Å². The van der Waals surface area contributed by atoms with E-state index in [0.717, 1.165) is 11.1 Å². The highest BCUT2D eigenvalue weighted by Gasteiger charge is 2.26. The molecule has 1 heterocycles. The number of nitrogens with zero attached hydrogens (tertiary/aromatic N) is 1. The molecule has 144 valence electrons. The van der Waals surface area contributed by atoms with E-state index in [4.69, 9.17) is 0 Å². The number of halogens is 1. The van der Waals surface area contributed by atoms with E-state index in [9.17, 15) is 17.6 Å². The molecule has 0 bridgehead atoms. The Hall–Kier alpha value is -2.25. The molecule has 1 fully saturated rings. The molecule has 0 atom stereocenters. The van der Waals surface area contributed by atoms with Crippen LogP contribution in [0.25, 0.3) is 0 Å². The van der Waals surface area contributed by atoms with Crippen LogP contribution in [0.4, 0.5) is 4.39 Å². The van der Waals surface area contributed by atoms with Crippen LogP contribution in [0, 0.1) is 12.7 Å². The van der Waals surface area contributed by atoms with E-state index in [2.05, 4.69) is 4.72 Å². The van der Waals surface area contributed by atoms with Gasteiger partial charge in [0.2, 0.25) is 15.9 Å². The summed E-state index contributed by atoms with van der Waals surface area (Å²) in [7, 11) is -3.56. The fraction of sp³-hybridized carbons (Fsp3) is 0.350. The third-order valence-electron chi connectivity index (χ3n) is 4.77. The maximum atomic E-state index is 12.9. The summed E-state index contributed by atoms with van der Waals surface area (Å²) in [6.07, 6.45) is 1.36. The number of carbonyl (C=O) groups is 1. The number of aryl methyl sites for hydroxylation is 1. The van der Waals surface area contributed by atoms with Gasteiger partial charge in [0.05, 0.1) is 11.3 Å². The first-order valence-corrected chi connectivity index (χ1v) is 10.4. The standard InChI is InChI=1S/C20H23FN2O3S/c1-15-2-8-19(9-3-15)27(25,26)22-18-10-12-23(13-11-18)20(24)14-16-4-6-17(21)7-5-16/h2-9,18,22H,10-14H2,1H3. The van der Waals surface area contributed by atoms with Gasteiger partial charge in [0.25, 0.3) is 0 Å². The molecule has 2 aromatic carbocycles. The Morgan fingerprint density at radius 3 is 2.26 bits per heavy atom. The first kappa shape index (κ1) is 19.5. The number of nitrogens with one attached hydrogen (secondary N) is 1. The normalized spacial score (nSPS) is 15.7. The summed E-state index contributed by atoms with van der Waals surface area (Å²) in [6, 6.07) is 12.4. The second-order valence-electron chi connectivity index (χ2n) is 6.89. The van der Waals surface area contributed by atoms with E-state index in [1.165, 1.54) is 12.1 Å². The van der Waals surface area contributed by atoms with Gasteiger partial charge in [0, 0.05) is 19.1 Å². The Bertz CT molecular complexity index is 888. The van der Waals surface area contributed by atoms with Crippen molar-refractivity contribution in [3.05, 3.63) is 65.5 Å². The molecule has 0 radical (unpaired) electrons. The van der Waals surface area contributed by atoms with Gasteiger partial charge < -0.3 is 4.90 Å². The molecule has 1 saturated heterocycles. The zero-order valence-corrected chi connectivity index (χ0v) is 16.0. The highest BCUT2D eigenvalue weighted by molar-refractivity contribution is 7.89. The van der Waals surface area contributed by atoms with E-state index in [-0.39, 0.29) is 29.1 Å². The van der Waals surface area contributed by atoms with Crippen molar-refractivity contribution < 1.29 is 17.6 Å². The quantitative estimate of drug-likeness (QED) is 0.854. The minimum absolute atomic E-state index is 0.0264. The third-order valence-corrected chi connectivity index (χ3v) is 6.31. The number of amides is 1. The van der Waals surface area contributed by atoms with E-state index in [0.29, 0.717) is 25.9 Å². The monoisotopic (exact) mass is 390 g/mol. The lowest BCUT2D eigenvalue weighted by Crippen LogP contribution is -2.46. The van der Waals surface area contributed by atoms with Gasteiger partial charge in [-0.2, -0.15) is 0 Å². The summed E-state index contributed by atoms with van der Waals surface area (Å²) in [5.74, 6) is -0.352. The average molecular weight is 390 g/mol.